The summed E-state index contributed by atoms with van der Waals surface area (Å²) in [5, 5.41) is 3.46. The van der Waals surface area contributed by atoms with Crippen LogP contribution in [0.4, 0.5) is 5.69 Å². The summed E-state index contributed by atoms with van der Waals surface area (Å²) >= 11 is 0. The van der Waals surface area contributed by atoms with Crippen LogP contribution in [0.1, 0.15) is 5.56 Å². The lowest BCUT2D eigenvalue weighted by Crippen LogP contribution is -2.06. The molecule has 0 amide bonds. The highest BCUT2D eigenvalue weighted by Gasteiger charge is 2.17. The second kappa shape index (κ2) is 7.31. The molecule has 0 bridgehead atoms. The highest BCUT2D eigenvalue weighted by atomic mass is 16.5. The highest BCUT2D eigenvalue weighted by Crippen LogP contribution is 2.33. The molecular weight excluding hydrogens is 416 g/mol. The van der Waals surface area contributed by atoms with Crippen molar-refractivity contribution < 1.29 is 13.6 Å². The van der Waals surface area contributed by atoms with E-state index >= 15 is 0 Å². The van der Waals surface area contributed by atoms with Crippen LogP contribution in [0.15, 0.2) is 91.4 Å². The zero-order valence-electron chi connectivity index (χ0n) is 18.0. The number of methoxy groups -OCH3 is 1. The van der Waals surface area contributed by atoms with Crippen molar-refractivity contribution in [3.05, 3.63) is 94.1 Å². The summed E-state index contributed by atoms with van der Waals surface area (Å²) in [7, 11) is 1.64. The average molecular weight is 434 g/mol. The van der Waals surface area contributed by atoms with Gasteiger partial charge in [-0.05, 0) is 48.9 Å². The van der Waals surface area contributed by atoms with Gasteiger partial charge in [0, 0.05) is 28.3 Å². The number of aromatic nitrogens is 1. The van der Waals surface area contributed by atoms with Crippen molar-refractivity contribution in [3.63, 3.8) is 0 Å². The molecule has 0 atom stereocenters. The summed E-state index contributed by atoms with van der Waals surface area (Å²) in [5.41, 5.74) is 3.40. The van der Waals surface area contributed by atoms with Crippen LogP contribution < -0.4 is 15.7 Å². The van der Waals surface area contributed by atoms with Gasteiger partial charge < -0.3 is 13.6 Å². The van der Waals surface area contributed by atoms with Gasteiger partial charge in [-0.2, -0.15) is 0 Å². The van der Waals surface area contributed by atoms with E-state index in [-0.39, 0.29) is 0 Å². The number of benzene rings is 4. The van der Waals surface area contributed by atoms with Gasteiger partial charge in [0.25, 0.3) is 0 Å². The van der Waals surface area contributed by atoms with E-state index < -0.39 is 5.63 Å². The fourth-order valence-electron chi connectivity index (χ4n) is 4.17. The van der Waals surface area contributed by atoms with E-state index in [0.29, 0.717) is 28.1 Å². The lowest BCUT2D eigenvalue weighted by molar-refractivity contribution is 0.415. The van der Waals surface area contributed by atoms with Crippen LogP contribution in [-0.4, -0.2) is 12.1 Å². The van der Waals surface area contributed by atoms with E-state index in [0.717, 1.165) is 38.5 Å². The molecule has 0 fully saturated rings. The van der Waals surface area contributed by atoms with Crippen molar-refractivity contribution in [1.82, 2.24) is 4.98 Å². The van der Waals surface area contributed by atoms with E-state index in [1.54, 1.807) is 7.11 Å². The summed E-state index contributed by atoms with van der Waals surface area (Å²) in [4.78, 5) is 21.8. The molecular formula is C27H18N2O4. The Bertz CT molecular complexity index is 1780. The molecule has 6 heteroatoms. The van der Waals surface area contributed by atoms with E-state index in [1.165, 1.54) is 6.07 Å². The first-order chi connectivity index (χ1) is 16.1. The van der Waals surface area contributed by atoms with Crippen LogP contribution in [0.3, 0.4) is 0 Å². The van der Waals surface area contributed by atoms with Crippen molar-refractivity contribution in [2.24, 2.45) is 4.99 Å². The Morgan fingerprint density at radius 2 is 1.67 bits per heavy atom. The molecule has 6 nitrogen and oxygen atoms in total. The van der Waals surface area contributed by atoms with E-state index in [9.17, 15) is 4.79 Å². The molecule has 6 rings (SSSR count). The van der Waals surface area contributed by atoms with Gasteiger partial charge >= 0.3 is 5.63 Å². The lowest BCUT2D eigenvalue weighted by atomic mass is 10.0. The first kappa shape index (κ1) is 19.3. The molecule has 0 unspecified atom stereocenters. The van der Waals surface area contributed by atoms with E-state index in [4.69, 9.17) is 23.5 Å². The normalized spacial score (nSPS) is 12.2. The summed E-state index contributed by atoms with van der Waals surface area (Å²) < 4.78 is 17.0. The second-order valence-electron chi connectivity index (χ2n) is 7.85. The maximum Gasteiger partial charge on any atom is 0.336 e. The number of fused-ring (bicyclic) bond motifs is 6. The lowest BCUT2D eigenvalue weighted by Gasteiger charge is -2.11. The Morgan fingerprint density at radius 1 is 0.879 bits per heavy atom. The van der Waals surface area contributed by atoms with Crippen molar-refractivity contribution in [3.8, 4) is 17.2 Å². The third-order valence-corrected chi connectivity index (χ3v) is 5.78. The fraction of sp³-hybridized carbons (Fsp3) is 0.0741. The van der Waals surface area contributed by atoms with Crippen LogP contribution in [0.2, 0.25) is 0 Å². The third-order valence-electron chi connectivity index (χ3n) is 5.78. The number of hydrogen-bond acceptors (Lipinski definition) is 6. The number of ether oxygens (including phenoxy) is 1. The molecule has 4 aromatic rings. The summed E-state index contributed by atoms with van der Waals surface area (Å²) in [6, 6.07) is 22.6. The van der Waals surface area contributed by atoms with Gasteiger partial charge in [-0.15, -0.1) is 0 Å². The maximum absolute atomic E-state index is 12.0. The van der Waals surface area contributed by atoms with Crippen molar-refractivity contribution in [2.45, 2.75) is 6.92 Å². The molecule has 0 saturated heterocycles. The molecule has 3 aromatic carbocycles. The highest BCUT2D eigenvalue weighted by molar-refractivity contribution is 6.03. The molecule has 0 radical (unpaired) electrons. The standard InChI is InChI=1S/C27H18N2O4/c1-15-13-24(30)33-27-18(15)11-12-22-26(27)29-25-20-6-4-3-5-19(20)21(14-23(25)32-22)28-16-7-9-17(31-2)10-8-16/h3-14H,1-2H3. The van der Waals surface area contributed by atoms with Gasteiger partial charge in [-0.25, -0.2) is 14.8 Å². The Morgan fingerprint density at radius 3 is 2.45 bits per heavy atom. The molecule has 33 heavy (non-hydrogen) atoms. The van der Waals surface area contributed by atoms with Crippen LogP contribution in [0, 0.1) is 6.92 Å². The maximum atomic E-state index is 12.0. The molecule has 2 aliphatic rings. The van der Waals surface area contributed by atoms with Gasteiger partial charge in [0.1, 0.15) is 17.0 Å². The first-order valence-electron chi connectivity index (χ1n) is 10.5. The van der Waals surface area contributed by atoms with Crippen LogP contribution in [0.25, 0.3) is 44.3 Å². The third kappa shape index (κ3) is 3.15. The Labute approximate surface area is 187 Å². The molecule has 1 aliphatic carbocycles. The number of rotatable bonds is 2. The van der Waals surface area contributed by atoms with Gasteiger partial charge in [0.05, 0.1) is 18.2 Å². The first-order valence-corrected chi connectivity index (χ1v) is 10.5. The summed E-state index contributed by atoms with van der Waals surface area (Å²) in [5.74, 6) is 1.37. The van der Waals surface area contributed by atoms with E-state index in [1.807, 2.05) is 73.7 Å². The molecule has 1 aliphatic heterocycles. The largest absolute Gasteiger partial charge is 0.497 e. The van der Waals surface area contributed by atoms with Crippen LogP contribution in [0.5, 0.6) is 5.75 Å². The average Bonchev–Trinajstić information content (AvgIpc) is 2.83. The van der Waals surface area contributed by atoms with Crippen LogP contribution >= 0.6 is 0 Å². The van der Waals surface area contributed by atoms with Gasteiger partial charge in [0.15, 0.2) is 16.9 Å². The van der Waals surface area contributed by atoms with Gasteiger partial charge in [0.2, 0.25) is 0 Å². The topological polar surface area (TPSA) is 77.8 Å². The van der Waals surface area contributed by atoms with Crippen molar-refractivity contribution in [2.75, 3.05) is 7.11 Å². The number of hydrogen-bond donors (Lipinski definition) is 0. The summed E-state index contributed by atoms with van der Waals surface area (Å²) in [6.45, 7) is 1.88. The zero-order valence-corrected chi connectivity index (χ0v) is 18.0. The molecule has 1 aromatic heterocycles. The Balaban J connectivity index is 1.70. The van der Waals surface area contributed by atoms with Gasteiger partial charge in [-0.3, -0.25) is 0 Å². The number of aryl methyl sites for hydroxylation is 1. The zero-order chi connectivity index (χ0) is 22.5. The molecule has 0 saturated carbocycles. The minimum atomic E-state index is -0.409. The fourth-order valence-corrected chi connectivity index (χ4v) is 4.17. The van der Waals surface area contributed by atoms with E-state index in [2.05, 4.69) is 0 Å². The molecule has 0 spiro atoms. The van der Waals surface area contributed by atoms with Gasteiger partial charge in [-0.1, -0.05) is 24.3 Å². The monoisotopic (exact) mass is 434 g/mol. The quantitative estimate of drug-likeness (QED) is 0.197. The Kier molecular flexibility index (Phi) is 4.26. The van der Waals surface area contributed by atoms with Crippen molar-refractivity contribution >= 4 is 38.5 Å². The van der Waals surface area contributed by atoms with Crippen molar-refractivity contribution in [1.29, 1.82) is 0 Å². The minimum Gasteiger partial charge on any atom is -0.497 e. The molecule has 2 heterocycles. The predicted octanol–water partition coefficient (Wildman–Crippen LogP) is 5.74. The predicted molar refractivity (Wildman–Crippen MR) is 127 cm³/mol. The minimum absolute atomic E-state index is 0.409. The smallest absolute Gasteiger partial charge is 0.336 e. The molecule has 0 N–H and O–H groups in total. The molecule has 160 valence electrons. The Hall–Kier alpha value is -4.45. The van der Waals surface area contributed by atoms with Crippen LogP contribution in [-0.2, 0) is 0 Å². The number of nitrogens with zero attached hydrogens (tertiary/aromatic N) is 2. The second-order valence-corrected chi connectivity index (χ2v) is 7.85. The summed E-state index contributed by atoms with van der Waals surface area (Å²) in [6.07, 6.45) is 0. The SMILES string of the molecule is COc1ccc(N=c2cc3oc4ccc5c(C)cc(=O)oc5c4nc-3c3ccccc23)cc1.